The summed E-state index contributed by atoms with van der Waals surface area (Å²) < 4.78 is 5.00. The molecule has 0 amide bonds. The lowest BCUT2D eigenvalue weighted by Crippen LogP contribution is -1.94. The van der Waals surface area contributed by atoms with E-state index in [4.69, 9.17) is 4.52 Å². The van der Waals surface area contributed by atoms with Crippen molar-refractivity contribution in [1.29, 1.82) is 0 Å². The molecular weight excluding hydrogens is 208 g/mol. The van der Waals surface area contributed by atoms with Crippen molar-refractivity contribution < 1.29 is 9.32 Å². The molecule has 2 rings (SSSR count). The molecule has 0 N–H and O–H groups in total. The highest BCUT2D eigenvalue weighted by atomic mass is 16.5. The quantitative estimate of drug-likeness (QED) is 0.762. The van der Waals surface area contributed by atoms with Crippen LogP contribution in [0.1, 0.15) is 19.2 Å². The Balaban J connectivity index is 2.11. The van der Waals surface area contributed by atoms with E-state index in [1.54, 1.807) is 12.3 Å². The number of hydrogen-bond donors (Lipinski definition) is 0. The van der Waals surface area contributed by atoms with Gasteiger partial charge in [-0.15, -0.1) is 0 Å². The summed E-state index contributed by atoms with van der Waals surface area (Å²) in [5.74, 6) is 0.964. The summed E-state index contributed by atoms with van der Waals surface area (Å²) in [6, 6.07) is 1.69. The number of aryl methyl sites for hydroxylation is 1. The van der Waals surface area contributed by atoms with Gasteiger partial charge in [0, 0.05) is 19.0 Å². The summed E-state index contributed by atoms with van der Waals surface area (Å²) in [5, 5.41) is 3.78. The van der Waals surface area contributed by atoms with Crippen molar-refractivity contribution in [2.75, 3.05) is 0 Å². The zero-order chi connectivity index (χ0) is 11.4. The fourth-order valence-corrected chi connectivity index (χ4v) is 1.17. The van der Waals surface area contributed by atoms with Crippen LogP contribution in [0, 0.1) is 0 Å². The number of hydrogen-bond acceptors (Lipinski definition) is 6. The molecular formula is C10H10N4O2. The van der Waals surface area contributed by atoms with Crippen LogP contribution < -0.4 is 0 Å². The Bertz CT molecular complexity index is 481. The molecule has 0 saturated heterocycles. The molecule has 0 unspecified atom stereocenters. The summed E-state index contributed by atoms with van der Waals surface area (Å²) in [7, 11) is 0. The molecule has 0 fully saturated rings. The van der Waals surface area contributed by atoms with Crippen LogP contribution in [0.5, 0.6) is 0 Å². The molecule has 0 bridgehead atoms. The van der Waals surface area contributed by atoms with Crippen molar-refractivity contribution in [3.63, 3.8) is 0 Å². The van der Waals surface area contributed by atoms with Crippen LogP contribution in [0.3, 0.4) is 0 Å². The van der Waals surface area contributed by atoms with Crippen molar-refractivity contribution in [3.8, 4) is 11.5 Å². The van der Waals surface area contributed by atoms with E-state index >= 15 is 0 Å². The number of ketones is 1. The minimum Gasteiger partial charge on any atom is -0.339 e. The molecule has 0 atom stereocenters. The largest absolute Gasteiger partial charge is 0.339 e. The van der Waals surface area contributed by atoms with Gasteiger partial charge in [0.1, 0.15) is 17.8 Å². The van der Waals surface area contributed by atoms with Gasteiger partial charge in [0.2, 0.25) is 11.7 Å². The SMILES string of the molecule is CC(=O)CCc1nc(-c2ccncn2)no1. The van der Waals surface area contributed by atoms with Crippen LogP contribution >= 0.6 is 0 Å². The van der Waals surface area contributed by atoms with E-state index < -0.39 is 0 Å². The fourth-order valence-electron chi connectivity index (χ4n) is 1.17. The van der Waals surface area contributed by atoms with Gasteiger partial charge in [-0.05, 0) is 13.0 Å². The minimum atomic E-state index is 0.0989. The molecule has 0 saturated carbocycles. The lowest BCUT2D eigenvalue weighted by atomic mass is 10.2. The molecule has 0 spiro atoms. The smallest absolute Gasteiger partial charge is 0.227 e. The number of rotatable bonds is 4. The standard InChI is InChI=1S/C10H10N4O2/c1-7(15)2-3-9-13-10(14-16-9)8-4-5-11-6-12-8/h4-6H,2-3H2,1H3. The second kappa shape index (κ2) is 4.61. The molecule has 2 aromatic rings. The van der Waals surface area contributed by atoms with Crippen molar-refractivity contribution in [3.05, 3.63) is 24.5 Å². The third-order valence-corrected chi connectivity index (χ3v) is 1.97. The van der Waals surface area contributed by atoms with E-state index in [0.717, 1.165) is 0 Å². The highest BCUT2D eigenvalue weighted by Gasteiger charge is 2.09. The average Bonchev–Trinajstić information content (AvgIpc) is 2.76. The first-order valence-electron chi connectivity index (χ1n) is 4.84. The van der Waals surface area contributed by atoms with Crippen molar-refractivity contribution in [2.45, 2.75) is 19.8 Å². The second-order valence-corrected chi connectivity index (χ2v) is 3.31. The monoisotopic (exact) mass is 218 g/mol. The molecule has 0 aliphatic rings. The van der Waals surface area contributed by atoms with Gasteiger partial charge in [-0.25, -0.2) is 9.97 Å². The molecule has 16 heavy (non-hydrogen) atoms. The molecule has 82 valence electrons. The van der Waals surface area contributed by atoms with Gasteiger partial charge >= 0.3 is 0 Å². The van der Waals surface area contributed by atoms with Crippen molar-refractivity contribution >= 4 is 5.78 Å². The Morgan fingerprint density at radius 3 is 3.06 bits per heavy atom. The van der Waals surface area contributed by atoms with Gasteiger partial charge in [-0.3, -0.25) is 0 Å². The predicted octanol–water partition coefficient (Wildman–Crippen LogP) is 1.05. The first kappa shape index (κ1) is 10.4. The number of nitrogens with zero attached hydrogens (tertiary/aromatic N) is 4. The average molecular weight is 218 g/mol. The van der Waals surface area contributed by atoms with Gasteiger partial charge in [0.25, 0.3) is 0 Å². The van der Waals surface area contributed by atoms with E-state index in [1.165, 1.54) is 13.3 Å². The Morgan fingerprint density at radius 2 is 2.38 bits per heavy atom. The molecule has 0 aliphatic carbocycles. The number of Topliss-reactive ketones (excluding diaryl/α,β-unsaturated/α-hetero) is 1. The van der Waals surface area contributed by atoms with E-state index in [1.807, 2.05) is 0 Å². The third kappa shape index (κ3) is 2.47. The molecule has 6 nitrogen and oxygen atoms in total. The van der Waals surface area contributed by atoms with E-state index in [-0.39, 0.29) is 5.78 Å². The summed E-state index contributed by atoms with van der Waals surface area (Å²) in [4.78, 5) is 22.7. The van der Waals surface area contributed by atoms with Crippen LogP contribution in [0.15, 0.2) is 23.1 Å². The Hall–Kier alpha value is -2.11. The maximum absolute atomic E-state index is 10.8. The second-order valence-electron chi connectivity index (χ2n) is 3.31. The lowest BCUT2D eigenvalue weighted by Gasteiger charge is -1.89. The summed E-state index contributed by atoms with van der Waals surface area (Å²) in [5.41, 5.74) is 0.604. The van der Waals surface area contributed by atoms with Crippen LogP contribution in [0.2, 0.25) is 0 Å². The van der Waals surface area contributed by atoms with Crippen LogP contribution in [-0.4, -0.2) is 25.9 Å². The van der Waals surface area contributed by atoms with Gasteiger partial charge < -0.3 is 9.32 Å². The Kier molecular flexibility index (Phi) is 3.00. The Morgan fingerprint density at radius 1 is 1.50 bits per heavy atom. The van der Waals surface area contributed by atoms with Gasteiger partial charge in [-0.1, -0.05) is 5.16 Å². The zero-order valence-electron chi connectivity index (χ0n) is 8.75. The first-order valence-corrected chi connectivity index (χ1v) is 4.84. The van der Waals surface area contributed by atoms with E-state index in [9.17, 15) is 4.79 Å². The first-order chi connectivity index (χ1) is 7.75. The topological polar surface area (TPSA) is 81.8 Å². The predicted molar refractivity (Wildman–Crippen MR) is 54.3 cm³/mol. The maximum atomic E-state index is 10.8. The lowest BCUT2D eigenvalue weighted by molar-refractivity contribution is -0.117. The van der Waals surface area contributed by atoms with E-state index in [2.05, 4.69) is 20.1 Å². The molecule has 0 aromatic carbocycles. The summed E-state index contributed by atoms with van der Waals surface area (Å²) >= 11 is 0. The van der Waals surface area contributed by atoms with Crippen LogP contribution in [0.4, 0.5) is 0 Å². The summed E-state index contributed by atoms with van der Waals surface area (Å²) in [6.07, 6.45) is 3.90. The fraction of sp³-hybridized carbons (Fsp3) is 0.300. The highest BCUT2D eigenvalue weighted by molar-refractivity contribution is 5.75. The number of carbonyl (C=O) groups excluding carboxylic acids is 1. The Labute approximate surface area is 91.7 Å². The van der Waals surface area contributed by atoms with Crippen molar-refractivity contribution in [2.24, 2.45) is 0 Å². The minimum absolute atomic E-state index is 0.0989. The van der Waals surface area contributed by atoms with Crippen LogP contribution in [-0.2, 0) is 11.2 Å². The normalized spacial score (nSPS) is 10.3. The summed E-state index contributed by atoms with van der Waals surface area (Å²) in [6.45, 7) is 1.53. The number of carbonyl (C=O) groups is 1. The molecule has 2 heterocycles. The van der Waals surface area contributed by atoms with Crippen LogP contribution in [0.25, 0.3) is 11.5 Å². The molecule has 0 aliphatic heterocycles. The molecule has 6 heteroatoms. The van der Waals surface area contributed by atoms with E-state index in [0.29, 0.717) is 30.3 Å². The third-order valence-electron chi connectivity index (χ3n) is 1.97. The van der Waals surface area contributed by atoms with Gasteiger partial charge in [0.15, 0.2) is 0 Å². The molecule has 0 radical (unpaired) electrons. The van der Waals surface area contributed by atoms with Crippen molar-refractivity contribution in [1.82, 2.24) is 20.1 Å². The van der Waals surface area contributed by atoms with Gasteiger partial charge in [-0.2, -0.15) is 4.98 Å². The zero-order valence-corrected chi connectivity index (χ0v) is 8.75. The maximum Gasteiger partial charge on any atom is 0.227 e. The molecule has 2 aromatic heterocycles. The number of aromatic nitrogens is 4. The van der Waals surface area contributed by atoms with Gasteiger partial charge in [0.05, 0.1) is 0 Å². The highest BCUT2D eigenvalue weighted by Crippen LogP contribution is 2.11.